The second-order valence-electron chi connectivity index (χ2n) is 7.33. The topological polar surface area (TPSA) is 88.2 Å². The summed E-state index contributed by atoms with van der Waals surface area (Å²) >= 11 is 1.12. The van der Waals surface area contributed by atoms with Gasteiger partial charge in [-0.3, -0.25) is 9.52 Å². The van der Waals surface area contributed by atoms with Crippen LogP contribution in [-0.2, 0) is 27.5 Å². The van der Waals surface area contributed by atoms with Crippen molar-refractivity contribution in [3.8, 4) is 12.3 Å². The Hall–Kier alpha value is -3.04. The maximum Gasteiger partial charge on any atom is 0.433 e. The van der Waals surface area contributed by atoms with E-state index in [4.69, 9.17) is 6.42 Å². The van der Waals surface area contributed by atoms with Gasteiger partial charge in [-0.05, 0) is 29.8 Å². The van der Waals surface area contributed by atoms with E-state index in [0.717, 1.165) is 36.2 Å². The summed E-state index contributed by atoms with van der Waals surface area (Å²) in [4.78, 5) is 15.9. The van der Waals surface area contributed by atoms with E-state index in [1.165, 1.54) is 18.2 Å². The zero-order valence-electron chi connectivity index (χ0n) is 18.3. The van der Waals surface area contributed by atoms with Crippen LogP contribution in [0.2, 0.25) is 0 Å². The van der Waals surface area contributed by atoms with Crippen LogP contribution in [0.1, 0.15) is 36.2 Å². The van der Waals surface area contributed by atoms with Crippen LogP contribution in [0.5, 0.6) is 0 Å². The van der Waals surface area contributed by atoms with Crippen molar-refractivity contribution in [2.75, 3.05) is 11.0 Å². The van der Waals surface area contributed by atoms with Gasteiger partial charge in [0.15, 0.2) is 0 Å². The predicted octanol–water partition coefficient (Wildman–Crippen LogP) is 4.42. The van der Waals surface area contributed by atoms with Crippen molar-refractivity contribution in [1.82, 2.24) is 10.3 Å². The minimum atomic E-state index is -4.59. The number of hydrogen-bond donors (Lipinski definition) is 2. The van der Waals surface area contributed by atoms with Gasteiger partial charge in [-0.2, -0.15) is 13.2 Å². The largest absolute Gasteiger partial charge is 0.433 e. The molecule has 0 aliphatic carbocycles. The second-order valence-corrected chi connectivity index (χ2v) is 10.6. The molecule has 2 aromatic rings. The molecule has 2 rings (SSSR count). The maximum atomic E-state index is 14.3. The van der Waals surface area contributed by atoms with Crippen molar-refractivity contribution in [1.29, 1.82) is 0 Å². The highest BCUT2D eigenvalue weighted by Crippen LogP contribution is 2.32. The zero-order valence-corrected chi connectivity index (χ0v) is 20.0. The lowest BCUT2D eigenvalue weighted by atomic mass is 10.1. The highest BCUT2D eigenvalue weighted by atomic mass is 32.2. The molecule has 6 nitrogen and oxygen atoms in total. The first kappa shape index (κ1) is 27.2. The molecule has 0 spiro atoms. The summed E-state index contributed by atoms with van der Waals surface area (Å²) < 4.78 is 78.1. The Balaban J connectivity index is 2.17. The average molecular weight is 516 g/mol. The molecular weight excluding hydrogens is 494 g/mol. The number of thioether (sulfide) groups is 1. The molecule has 1 amide bonds. The summed E-state index contributed by atoms with van der Waals surface area (Å²) in [6, 6.07) is 4.43. The number of pyridine rings is 1. The fourth-order valence-corrected chi connectivity index (χ4v) is 4.08. The first-order chi connectivity index (χ1) is 15.7. The highest BCUT2D eigenvalue weighted by molar-refractivity contribution is 7.99. The lowest BCUT2D eigenvalue weighted by Gasteiger charge is -2.12. The quantitative estimate of drug-likeness (QED) is 0.235. The van der Waals surface area contributed by atoms with Crippen LogP contribution < -0.4 is 10.0 Å². The van der Waals surface area contributed by atoms with Crippen molar-refractivity contribution in [2.45, 2.75) is 36.8 Å². The molecular formula is C22H21F4N3O3S2. The minimum Gasteiger partial charge on any atom is -0.348 e. The van der Waals surface area contributed by atoms with E-state index < -0.39 is 33.6 Å². The van der Waals surface area contributed by atoms with Gasteiger partial charge in [-0.1, -0.05) is 25.8 Å². The number of nitrogens with zero attached hydrogens (tertiary/aromatic N) is 1. The van der Waals surface area contributed by atoms with E-state index in [1.807, 2.05) is 4.72 Å². The van der Waals surface area contributed by atoms with Gasteiger partial charge in [0, 0.05) is 23.4 Å². The molecule has 0 aliphatic heterocycles. The number of sulfonamides is 1. The van der Waals surface area contributed by atoms with Crippen molar-refractivity contribution in [3.63, 3.8) is 0 Å². The number of alkyl halides is 3. The summed E-state index contributed by atoms with van der Waals surface area (Å²) in [6.45, 7) is 3.47. The molecule has 0 unspecified atom stereocenters. The van der Waals surface area contributed by atoms with Gasteiger partial charge in [-0.25, -0.2) is 17.8 Å². The Kier molecular flexibility index (Phi) is 8.74. The molecule has 0 aliphatic rings. The number of carbonyl (C=O) groups excluding carboxylic acids is 1. The third-order valence-corrected chi connectivity index (χ3v) is 5.60. The van der Waals surface area contributed by atoms with Gasteiger partial charge in [0.2, 0.25) is 15.9 Å². The monoisotopic (exact) mass is 515 g/mol. The summed E-state index contributed by atoms with van der Waals surface area (Å²) in [5.74, 6) is 0.681. The highest BCUT2D eigenvalue weighted by Gasteiger charge is 2.33. The van der Waals surface area contributed by atoms with Gasteiger partial charge in [0.05, 0.1) is 17.5 Å². The molecule has 182 valence electrons. The van der Waals surface area contributed by atoms with Crippen LogP contribution in [0.15, 0.2) is 35.4 Å². The van der Waals surface area contributed by atoms with Gasteiger partial charge < -0.3 is 5.32 Å². The van der Waals surface area contributed by atoms with Crippen LogP contribution in [0.3, 0.4) is 0 Å². The fourth-order valence-electron chi connectivity index (χ4n) is 2.64. The number of amides is 1. The van der Waals surface area contributed by atoms with Crippen LogP contribution in [0, 0.1) is 18.2 Å². The Bertz CT molecular complexity index is 1250. The molecule has 0 atom stereocenters. The number of carbonyl (C=O) groups is 1. The SMILES string of the molecule is C#Cc1cc(CNC(=O)/C=C/c2ccc(C(F)(F)F)nc2SC(C)C)cc(F)c1NS(C)(=O)=O. The lowest BCUT2D eigenvalue weighted by molar-refractivity contribution is -0.141. The predicted molar refractivity (Wildman–Crippen MR) is 124 cm³/mol. The number of rotatable bonds is 8. The van der Waals surface area contributed by atoms with Gasteiger partial charge in [0.1, 0.15) is 16.5 Å². The van der Waals surface area contributed by atoms with Crippen LogP contribution in [-0.4, -0.2) is 30.8 Å². The third-order valence-electron chi connectivity index (χ3n) is 4.00. The molecule has 1 aromatic carbocycles. The van der Waals surface area contributed by atoms with Crippen molar-refractivity contribution < 1.29 is 30.8 Å². The van der Waals surface area contributed by atoms with Crippen molar-refractivity contribution >= 4 is 39.5 Å². The standard InChI is InChI=1S/C22H21F4N3O3S2/c1-5-15-10-14(11-17(23)20(15)29-34(4,31)32)12-27-19(30)9-7-16-6-8-18(22(24,25)26)28-21(16)33-13(2)3/h1,6-11,13,29H,12H2,2-4H3,(H,27,30)/b9-7+. The second kappa shape index (κ2) is 10.9. The molecule has 12 heteroatoms. The number of halogens is 4. The molecule has 0 radical (unpaired) electrons. The Morgan fingerprint density at radius 3 is 2.53 bits per heavy atom. The van der Waals surface area contributed by atoms with Crippen LogP contribution in [0.25, 0.3) is 6.08 Å². The molecule has 0 bridgehead atoms. The Labute approximate surface area is 199 Å². The van der Waals surface area contributed by atoms with E-state index in [2.05, 4.69) is 16.2 Å². The van der Waals surface area contributed by atoms with Gasteiger partial charge in [-0.15, -0.1) is 18.2 Å². The number of benzene rings is 1. The van der Waals surface area contributed by atoms with Crippen LogP contribution >= 0.6 is 11.8 Å². The van der Waals surface area contributed by atoms with Crippen molar-refractivity contribution in [2.24, 2.45) is 0 Å². The number of terminal acetylenes is 1. The number of hydrogen-bond acceptors (Lipinski definition) is 5. The van der Waals surface area contributed by atoms with Gasteiger partial charge in [0.25, 0.3) is 0 Å². The first-order valence-corrected chi connectivity index (χ1v) is 12.4. The minimum absolute atomic E-state index is 0.0441. The lowest BCUT2D eigenvalue weighted by Crippen LogP contribution is -2.21. The molecule has 1 aromatic heterocycles. The van der Waals surface area contributed by atoms with Gasteiger partial charge >= 0.3 is 6.18 Å². The zero-order chi connectivity index (χ0) is 25.7. The summed E-state index contributed by atoms with van der Waals surface area (Å²) in [7, 11) is -3.76. The molecule has 0 saturated carbocycles. The normalized spacial score (nSPS) is 12.1. The molecule has 2 N–H and O–H groups in total. The molecule has 34 heavy (non-hydrogen) atoms. The third kappa shape index (κ3) is 8.07. The van der Waals surface area contributed by atoms with Crippen LogP contribution in [0.4, 0.5) is 23.2 Å². The molecule has 1 heterocycles. The average Bonchev–Trinajstić information content (AvgIpc) is 2.70. The van der Waals surface area contributed by atoms with Crippen molar-refractivity contribution in [3.05, 3.63) is 58.5 Å². The summed E-state index contributed by atoms with van der Waals surface area (Å²) in [6.07, 6.45) is 4.04. The number of aromatic nitrogens is 1. The summed E-state index contributed by atoms with van der Waals surface area (Å²) in [5, 5.41) is 2.59. The maximum absolute atomic E-state index is 14.3. The van der Waals surface area contributed by atoms with E-state index >= 15 is 0 Å². The Morgan fingerprint density at radius 1 is 1.29 bits per heavy atom. The van der Waals surface area contributed by atoms with E-state index in [9.17, 15) is 30.8 Å². The van der Waals surface area contributed by atoms with E-state index in [-0.39, 0.29) is 33.6 Å². The molecule has 0 fully saturated rings. The van der Waals surface area contributed by atoms with E-state index in [1.54, 1.807) is 13.8 Å². The fraction of sp³-hybridized carbons (Fsp3) is 0.273. The molecule has 0 saturated heterocycles. The smallest absolute Gasteiger partial charge is 0.348 e. The Morgan fingerprint density at radius 2 is 1.97 bits per heavy atom. The summed E-state index contributed by atoms with van der Waals surface area (Å²) in [5.41, 5.74) is -0.837. The number of anilines is 1. The number of nitrogens with one attached hydrogen (secondary N) is 2. The van der Waals surface area contributed by atoms with E-state index in [0.29, 0.717) is 5.56 Å². The first-order valence-electron chi connectivity index (χ1n) is 9.67.